The van der Waals surface area contributed by atoms with Gasteiger partial charge in [0.05, 0.1) is 9.77 Å². The van der Waals surface area contributed by atoms with Gasteiger partial charge < -0.3 is 5.73 Å². The number of rotatable bonds is 1. The number of alkyl halides is 3. The van der Waals surface area contributed by atoms with Gasteiger partial charge in [-0.25, -0.2) is 9.67 Å². The van der Waals surface area contributed by atoms with Gasteiger partial charge >= 0.3 is 6.18 Å². The molecule has 0 aromatic carbocycles. The van der Waals surface area contributed by atoms with Gasteiger partial charge in [-0.1, -0.05) is 0 Å². The summed E-state index contributed by atoms with van der Waals surface area (Å²) >= 11 is 1.98. The van der Waals surface area contributed by atoms with E-state index >= 15 is 0 Å². The number of nitrogens with zero attached hydrogens (tertiary/aromatic N) is 4. The third-order valence-corrected chi connectivity index (χ3v) is 2.36. The van der Waals surface area contributed by atoms with E-state index in [-0.39, 0.29) is 5.82 Å². The predicted octanol–water partition coefficient (Wildman–Crippen LogP) is 1.87. The summed E-state index contributed by atoms with van der Waals surface area (Å²) in [6.45, 7) is 0. The fourth-order valence-electron chi connectivity index (χ4n) is 1.14. The highest BCUT2D eigenvalue weighted by Gasteiger charge is 2.33. The molecule has 2 aromatic heterocycles. The zero-order valence-corrected chi connectivity index (χ0v) is 10.3. The van der Waals surface area contributed by atoms with Crippen LogP contribution in [0.25, 0.3) is 5.82 Å². The molecule has 2 N–H and O–H groups in total. The Morgan fingerprint density at radius 3 is 2.53 bits per heavy atom. The van der Waals surface area contributed by atoms with Crippen molar-refractivity contribution in [3.63, 3.8) is 0 Å². The second-order valence-corrected chi connectivity index (χ2v) is 4.32. The van der Waals surface area contributed by atoms with Crippen molar-refractivity contribution in [1.82, 2.24) is 19.7 Å². The number of nitrogens with two attached hydrogens (primary N) is 1. The fraction of sp³-hybridized carbons (Fsp3) is 0.125. The fourth-order valence-corrected chi connectivity index (χ4v) is 1.53. The van der Waals surface area contributed by atoms with Crippen LogP contribution in [0.3, 0.4) is 0 Å². The summed E-state index contributed by atoms with van der Waals surface area (Å²) in [5, 5.41) is 3.85. The molecule has 0 aliphatic heterocycles. The average molecular weight is 355 g/mol. The molecule has 0 bridgehead atoms. The van der Waals surface area contributed by atoms with Crippen molar-refractivity contribution < 1.29 is 13.2 Å². The highest BCUT2D eigenvalue weighted by Crippen LogP contribution is 2.28. The van der Waals surface area contributed by atoms with E-state index in [2.05, 4.69) is 15.1 Å². The number of halogens is 4. The van der Waals surface area contributed by atoms with E-state index in [4.69, 9.17) is 5.73 Å². The molecule has 5 nitrogen and oxygen atoms in total. The molecule has 17 heavy (non-hydrogen) atoms. The lowest BCUT2D eigenvalue weighted by Gasteiger charge is -2.08. The summed E-state index contributed by atoms with van der Waals surface area (Å²) in [6, 6.07) is 0.791. The number of nitrogen functional groups attached to an aromatic ring is 1. The monoisotopic (exact) mass is 355 g/mol. The molecule has 0 unspecified atom stereocenters. The first-order chi connectivity index (χ1) is 7.86. The van der Waals surface area contributed by atoms with Crippen LogP contribution in [-0.2, 0) is 6.18 Å². The second kappa shape index (κ2) is 4.13. The summed E-state index contributed by atoms with van der Waals surface area (Å²) < 4.78 is 39.5. The highest BCUT2D eigenvalue weighted by atomic mass is 127. The van der Waals surface area contributed by atoms with Gasteiger partial charge in [-0.3, -0.25) is 0 Å². The summed E-state index contributed by atoms with van der Waals surface area (Å²) in [5.74, 6) is -0.465. The molecule has 0 saturated heterocycles. The maximum absolute atomic E-state index is 12.5. The molecule has 0 saturated carbocycles. The first-order valence-corrected chi connectivity index (χ1v) is 5.36. The van der Waals surface area contributed by atoms with Gasteiger partial charge in [-0.05, 0) is 22.6 Å². The quantitative estimate of drug-likeness (QED) is 0.793. The third kappa shape index (κ3) is 2.65. The van der Waals surface area contributed by atoms with Crippen LogP contribution in [0.2, 0.25) is 0 Å². The highest BCUT2D eigenvalue weighted by molar-refractivity contribution is 14.1. The molecule has 90 valence electrons. The molecule has 2 aromatic rings. The van der Waals surface area contributed by atoms with E-state index in [1.807, 2.05) is 22.6 Å². The topological polar surface area (TPSA) is 69.6 Å². The first-order valence-electron chi connectivity index (χ1n) is 4.28. The number of aromatic nitrogens is 4. The lowest BCUT2D eigenvalue weighted by molar-refractivity contribution is -0.141. The van der Waals surface area contributed by atoms with Crippen molar-refractivity contribution in [2.45, 2.75) is 6.18 Å². The van der Waals surface area contributed by atoms with Crippen LogP contribution in [0.1, 0.15) is 5.69 Å². The zero-order chi connectivity index (χ0) is 12.6. The average Bonchev–Trinajstić information content (AvgIpc) is 2.62. The Labute approximate surface area is 107 Å². The molecule has 0 aliphatic carbocycles. The van der Waals surface area contributed by atoms with Crippen LogP contribution in [0.15, 0.2) is 18.5 Å². The van der Waals surface area contributed by atoms with Crippen molar-refractivity contribution in [2.24, 2.45) is 0 Å². The van der Waals surface area contributed by atoms with Crippen molar-refractivity contribution in [2.75, 3.05) is 5.73 Å². The molecule has 0 radical (unpaired) electrons. The molecule has 0 atom stereocenters. The van der Waals surface area contributed by atoms with Gasteiger partial charge in [-0.2, -0.15) is 23.3 Å². The number of anilines is 1. The standard InChI is InChI=1S/C8H5F3IN5/c9-8(10,11)5-1-6(16-7(13)15-5)17-3-4(12)2-14-17/h1-3H,(H2,13,15,16). The Morgan fingerprint density at radius 2 is 2.00 bits per heavy atom. The molecule has 2 rings (SSSR count). The minimum Gasteiger partial charge on any atom is -0.368 e. The summed E-state index contributed by atoms with van der Waals surface area (Å²) in [5.41, 5.74) is 4.14. The molecular formula is C8H5F3IN5. The maximum atomic E-state index is 12.5. The Hall–Kier alpha value is -1.39. The minimum atomic E-state index is -4.56. The van der Waals surface area contributed by atoms with Gasteiger partial charge in [-0.15, -0.1) is 0 Å². The zero-order valence-electron chi connectivity index (χ0n) is 8.11. The van der Waals surface area contributed by atoms with E-state index in [0.717, 1.165) is 9.64 Å². The SMILES string of the molecule is Nc1nc(-n2cc(I)cn2)cc(C(F)(F)F)n1. The summed E-state index contributed by atoms with van der Waals surface area (Å²) in [7, 11) is 0. The maximum Gasteiger partial charge on any atom is 0.433 e. The van der Waals surface area contributed by atoms with E-state index in [0.29, 0.717) is 0 Å². The number of hydrogen-bond acceptors (Lipinski definition) is 4. The van der Waals surface area contributed by atoms with Crippen molar-refractivity contribution in [3.8, 4) is 5.82 Å². The van der Waals surface area contributed by atoms with Crippen molar-refractivity contribution in [3.05, 3.63) is 27.7 Å². The van der Waals surface area contributed by atoms with E-state index < -0.39 is 17.8 Å². The van der Waals surface area contributed by atoms with E-state index in [9.17, 15) is 13.2 Å². The normalized spacial score (nSPS) is 11.8. The molecule has 0 aliphatic rings. The van der Waals surface area contributed by atoms with Crippen molar-refractivity contribution >= 4 is 28.5 Å². The Kier molecular flexibility index (Phi) is 2.93. The minimum absolute atomic E-state index is 0.0206. The van der Waals surface area contributed by atoms with Gasteiger partial charge in [0, 0.05) is 12.3 Å². The summed E-state index contributed by atoms with van der Waals surface area (Å²) in [6.07, 6.45) is -1.54. The molecule has 0 fully saturated rings. The van der Waals surface area contributed by atoms with Crippen LogP contribution in [-0.4, -0.2) is 19.7 Å². The smallest absolute Gasteiger partial charge is 0.368 e. The van der Waals surface area contributed by atoms with Crippen LogP contribution in [0.5, 0.6) is 0 Å². The first kappa shape index (κ1) is 12.1. The largest absolute Gasteiger partial charge is 0.433 e. The summed E-state index contributed by atoms with van der Waals surface area (Å²) in [4.78, 5) is 6.83. The van der Waals surface area contributed by atoms with Gasteiger partial charge in [0.1, 0.15) is 0 Å². The molecule has 9 heteroatoms. The van der Waals surface area contributed by atoms with Crippen LogP contribution in [0, 0.1) is 3.57 Å². The predicted molar refractivity (Wildman–Crippen MR) is 61.3 cm³/mol. The molecular weight excluding hydrogens is 350 g/mol. The van der Waals surface area contributed by atoms with Crippen LogP contribution >= 0.6 is 22.6 Å². The molecule has 0 spiro atoms. The van der Waals surface area contributed by atoms with Crippen LogP contribution < -0.4 is 5.73 Å². The van der Waals surface area contributed by atoms with Gasteiger partial charge in [0.2, 0.25) is 5.95 Å². The van der Waals surface area contributed by atoms with Crippen molar-refractivity contribution in [1.29, 1.82) is 0 Å². The van der Waals surface area contributed by atoms with E-state index in [1.165, 1.54) is 17.1 Å². The molecule has 2 heterocycles. The van der Waals surface area contributed by atoms with E-state index in [1.54, 1.807) is 0 Å². The lowest BCUT2D eigenvalue weighted by Crippen LogP contribution is -2.13. The number of hydrogen-bond donors (Lipinski definition) is 1. The third-order valence-electron chi connectivity index (χ3n) is 1.81. The van der Waals surface area contributed by atoms with Gasteiger partial charge in [0.15, 0.2) is 11.5 Å². The van der Waals surface area contributed by atoms with Crippen LogP contribution in [0.4, 0.5) is 19.1 Å². The second-order valence-electron chi connectivity index (χ2n) is 3.07. The Balaban J connectivity index is 2.52. The van der Waals surface area contributed by atoms with Gasteiger partial charge in [0.25, 0.3) is 0 Å². The lowest BCUT2D eigenvalue weighted by atomic mass is 10.4. The Morgan fingerprint density at radius 1 is 1.29 bits per heavy atom. The molecule has 0 amide bonds. The Bertz CT molecular complexity index is 550.